The Morgan fingerprint density at radius 3 is 1.89 bits per heavy atom. The van der Waals surface area contributed by atoms with Crippen LogP contribution in [0.4, 0.5) is 0 Å². The van der Waals surface area contributed by atoms with Crippen LogP contribution in [-0.4, -0.2) is 4.98 Å². The molecule has 0 fully saturated rings. The van der Waals surface area contributed by atoms with E-state index in [1.54, 1.807) is 0 Å². The van der Waals surface area contributed by atoms with Crippen molar-refractivity contribution in [2.75, 3.05) is 0 Å². The molecule has 6 rings (SSSR count). The summed E-state index contributed by atoms with van der Waals surface area (Å²) >= 11 is 0. The Bertz CT molecular complexity index is 1630. The molecule has 0 amide bonds. The lowest BCUT2D eigenvalue weighted by atomic mass is 9.95. The summed E-state index contributed by atoms with van der Waals surface area (Å²) in [5.74, 6) is 0. The second-order valence-electron chi connectivity index (χ2n) is 9.58. The quantitative estimate of drug-likeness (QED) is 0.224. The lowest BCUT2D eigenvalue weighted by Gasteiger charge is -2.10. The minimum Gasteiger partial charge on any atom is -0.256 e. The van der Waals surface area contributed by atoms with Crippen molar-refractivity contribution >= 4 is 10.8 Å². The first-order valence-electron chi connectivity index (χ1n) is 13.0. The van der Waals surface area contributed by atoms with Crippen LogP contribution in [0.25, 0.3) is 44.3 Å². The Morgan fingerprint density at radius 2 is 1.05 bits per heavy atom. The number of hydrogen-bond acceptors (Lipinski definition) is 1. The zero-order valence-electron chi connectivity index (χ0n) is 20.8. The molecule has 0 saturated carbocycles. The lowest BCUT2D eigenvalue weighted by molar-refractivity contribution is 0.821. The zero-order chi connectivity index (χ0) is 24.9. The average Bonchev–Trinajstić information content (AvgIpc) is 2.98. The van der Waals surface area contributed by atoms with Crippen molar-refractivity contribution in [1.29, 1.82) is 0 Å². The fourth-order valence-corrected chi connectivity index (χ4v) is 5.10. The Morgan fingerprint density at radius 1 is 0.432 bits per heavy atom. The Hall–Kier alpha value is -4.49. The van der Waals surface area contributed by atoms with Gasteiger partial charge in [-0.1, -0.05) is 121 Å². The van der Waals surface area contributed by atoms with Gasteiger partial charge in [0.2, 0.25) is 0 Å². The van der Waals surface area contributed by atoms with Gasteiger partial charge in [0.05, 0.1) is 5.69 Å². The number of aromatic nitrogens is 1. The van der Waals surface area contributed by atoms with Gasteiger partial charge in [0.1, 0.15) is 0 Å². The molecule has 178 valence electrons. The minimum absolute atomic E-state index is 1.03. The number of aryl methyl sites for hydroxylation is 2. The maximum atomic E-state index is 4.68. The topological polar surface area (TPSA) is 12.9 Å². The van der Waals surface area contributed by atoms with Crippen molar-refractivity contribution < 1.29 is 0 Å². The van der Waals surface area contributed by atoms with E-state index in [-0.39, 0.29) is 0 Å². The third-order valence-corrected chi connectivity index (χ3v) is 7.06. The summed E-state index contributed by atoms with van der Waals surface area (Å²) in [7, 11) is 0. The first kappa shape index (κ1) is 22.9. The van der Waals surface area contributed by atoms with Crippen LogP contribution < -0.4 is 0 Å². The van der Waals surface area contributed by atoms with Gasteiger partial charge in [-0.2, -0.15) is 0 Å². The van der Waals surface area contributed by atoms with Crippen LogP contribution in [0.1, 0.15) is 17.5 Å². The van der Waals surface area contributed by atoms with Gasteiger partial charge in [-0.3, -0.25) is 4.98 Å². The van der Waals surface area contributed by atoms with Crippen LogP contribution >= 0.6 is 0 Å². The molecule has 1 heteroatoms. The molecular formula is C36H29N. The third kappa shape index (κ3) is 5.22. The molecule has 0 spiro atoms. The first-order chi connectivity index (χ1) is 18.3. The SMILES string of the molecule is c1ccc(CCCc2cccc(-c3cccc(-c4ccc(-c5nccc6ccccc56)cc4)c3)c2)cc1. The van der Waals surface area contributed by atoms with Gasteiger partial charge in [-0.15, -0.1) is 0 Å². The molecule has 1 nitrogen and oxygen atoms in total. The summed E-state index contributed by atoms with van der Waals surface area (Å²) in [4.78, 5) is 4.68. The third-order valence-electron chi connectivity index (χ3n) is 7.06. The van der Waals surface area contributed by atoms with Crippen LogP contribution in [0.2, 0.25) is 0 Å². The summed E-state index contributed by atoms with van der Waals surface area (Å²) in [6, 6.07) is 47.9. The maximum absolute atomic E-state index is 4.68. The van der Waals surface area contributed by atoms with Gasteiger partial charge in [-0.05, 0) is 70.2 Å². The molecule has 0 saturated heterocycles. The maximum Gasteiger partial charge on any atom is 0.0780 e. The molecule has 0 atom stereocenters. The fourth-order valence-electron chi connectivity index (χ4n) is 5.10. The Kier molecular flexibility index (Phi) is 6.60. The number of pyridine rings is 1. The van der Waals surface area contributed by atoms with E-state index in [0.29, 0.717) is 0 Å². The summed E-state index contributed by atoms with van der Waals surface area (Å²) < 4.78 is 0. The smallest absolute Gasteiger partial charge is 0.0780 e. The molecule has 0 radical (unpaired) electrons. The highest BCUT2D eigenvalue weighted by Crippen LogP contribution is 2.31. The summed E-state index contributed by atoms with van der Waals surface area (Å²) in [6.07, 6.45) is 5.26. The molecule has 1 aromatic heterocycles. The van der Waals surface area contributed by atoms with E-state index < -0.39 is 0 Å². The number of benzene rings is 5. The molecule has 5 aromatic carbocycles. The molecular weight excluding hydrogens is 446 g/mol. The molecule has 1 heterocycles. The van der Waals surface area contributed by atoms with E-state index in [4.69, 9.17) is 0 Å². The van der Waals surface area contributed by atoms with Gasteiger partial charge in [0, 0.05) is 17.1 Å². The summed E-state index contributed by atoms with van der Waals surface area (Å²) in [6.45, 7) is 0. The predicted molar refractivity (Wildman–Crippen MR) is 157 cm³/mol. The van der Waals surface area contributed by atoms with Crippen molar-refractivity contribution in [2.45, 2.75) is 19.3 Å². The molecule has 0 N–H and O–H groups in total. The van der Waals surface area contributed by atoms with Gasteiger partial charge in [0.25, 0.3) is 0 Å². The van der Waals surface area contributed by atoms with E-state index in [1.165, 1.54) is 44.2 Å². The molecule has 37 heavy (non-hydrogen) atoms. The first-order valence-corrected chi connectivity index (χ1v) is 13.0. The van der Waals surface area contributed by atoms with Crippen LogP contribution in [0, 0.1) is 0 Å². The second kappa shape index (κ2) is 10.6. The summed E-state index contributed by atoms with van der Waals surface area (Å²) in [5, 5.41) is 2.40. The van der Waals surface area contributed by atoms with Crippen molar-refractivity contribution in [3.8, 4) is 33.5 Å². The molecule has 0 aliphatic heterocycles. The number of hydrogen-bond donors (Lipinski definition) is 0. The number of nitrogens with zero attached hydrogens (tertiary/aromatic N) is 1. The van der Waals surface area contributed by atoms with Gasteiger partial charge in [-0.25, -0.2) is 0 Å². The normalized spacial score (nSPS) is 11.0. The van der Waals surface area contributed by atoms with Crippen molar-refractivity contribution in [3.63, 3.8) is 0 Å². The van der Waals surface area contributed by atoms with Gasteiger partial charge < -0.3 is 0 Å². The van der Waals surface area contributed by atoms with Crippen LogP contribution in [-0.2, 0) is 12.8 Å². The summed E-state index contributed by atoms with van der Waals surface area (Å²) in [5.41, 5.74) is 9.94. The van der Waals surface area contributed by atoms with Crippen LogP contribution in [0.5, 0.6) is 0 Å². The largest absolute Gasteiger partial charge is 0.256 e. The van der Waals surface area contributed by atoms with E-state index in [0.717, 1.165) is 30.5 Å². The highest BCUT2D eigenvalue weighted by molar-refractivity contribution is 5.94. The standard InChI is InChI=1S/C36H29N/c1-2-9-27(10-3-1)11-6-12-28-13-7-15-32(25-28)34-17-8-16-33(26-34)29-19-21-31(22-20-29)36-35-18-5-4-14-30(35)23-24-37-36/h1-5,7-10,13-26H,6,11-12H2. The molecule has 0 unspecified atom stereocenters. The Labute approximate surface area is 219 Å². The highest BCUT2D eigenvalue weighted by atomic mass is 14.7. The molecule has 0 aliphatic rings. The minimum atomic E-state index is 1.03. The number of rotatable bonds is 7. The van der Waals surface area contributed by atoms with E-state index in [1.807, 2.05) is 6.20 Å². The fraction of sp³-hybridized carbons (Fsp3) is 0.0833. The van der Waals surface area contributed by atoms with E-state index >= 15 is 0 Å². The van der Waals surface area contributed by atoms with E-state index in [2.05, 4.69) is 138 Å². The van der Waals surface area contributed by atoms with Crippen molar-refractivity contribution in [3.05, 3.63) is 151 Å². The molecule has 6 aromatic rings. The zero-order valence-corrected chi connectivity index (χ0v) is 20.8. The Balaban J connectivity index is 1.21. The highest BCUT2D eigenvalue weighted by Gasteiger charge is 2.07. The van der Waals surface area contributed by atoms with Gasteiger partial charge in [0.15, 0.2) is 0 Å². The molecule has 0 aliphatic carbocycles. The lowest BCUT2D eigenvalue weighted by Crippen LogP contribution is -1.91. The predicted octanol–water partition coefficient (Wildman–Crippen LogP) is 9.41. The van der Waals surface area contributed by atoms with Crippen molar-refractivity contribution in [1.82, 2.24) is 4.98 Å². The van der Waals surface area contributed by atoms with Crippen LogP contribution in [0.3, 0.4) is 0 Å². The number of fused-ring (bicyclic) bond motifs is 1. The van der Waals surface area contributed by atoms with Gasteiger partial charge >= 0.3 is 0 Å². The van der Waals surface area contributed by atoms with E-state index in [9.17, 15) is 0 Å². The monoisotopic (exact) mass is 475 g/mol. The second-order valence-corrected chi connectivity index (χ2v) is 9.58. The van der Waals surface area contributed by atoms with Crippen LogP contribution in [0.15, 0.2) is 140 Å². The average molecular weight is 476 g/mol. The molecule has 0 bridgehead atoms. The van der Waals surface area contributed by atoms with Crippen molar-refractivity contribution in [2.24, 2.45) is 0 Å².